The van der Waals surface area contributed by atoms with Gasteiger partial charge in [0.15, 0.2) is 52.0 Å². The molecule has 3 aromatic carbocycles. The van der Waals surface area contributed by atoms with Crippen LogP contribution in [0.4, 0.5) is 0 Å². The molecule has 0 N–H and O–H groups in total. The van der Waals surface area contributed by atoms with Crippen LogP contribution in [0, 0.1) is 0 Å². The first-order valence-corrected chi connectivity index (χ1v) is 60.6. The van der Waals surface area contributed by atoms with E-state index in [1.165, 1.54) is 347 Å². The molecule has 0 saturated carbocycles. The molecule has 0 aliphatic heterocycles. The van der Waals surface area contributed by atoms with Gasteiger partial charge in [-0.3, -0.25) is 0 Å². The van der Waals surface area contributed by atoms with Gasteiger partial charge in [0.25, 0.3) is 0 Å². The van der Waals surface area contributed by atoms with E-state index in [0.29, 0.717) is 129 Å². The smallest absolute Gasteiger partial charge is 0.203 e. The minimum absolute atomic E-state index is 0.504. The van der Waals surface area contributed by atoms with E-state index in [1.54, 1.807) is 34.0 Å². The topological polar surface area (TPSA) is 160 Å². The van der Waals surface area contributed by atoms with E-state index in [-0.39, 0.29) is 0 Å². The van der Waals surface area contributed by atoms with E-state index in [0.717, 1.165) is 162 Å². The third-order valence-corrected chi connectivity index (χ3v) is 30.0. The van der Waals surface area contributed by atoms with Gasteiger partial charge >= 0.3 is 0 Å². The Morgan fingerprint density at radius 3 is 0.442 bits per heavy atom. The number of rotatable bonds is 96. The predicted molar refractivity (Wildman–Crippen MR) is 592 cm³/mol. The van der Waals surface area contributed by atoms with Gasteiger partial charge in [0, 0.05) is 35.3 Å². The van der Waals surface area contributed by atoms with Gasteiger partial charge in [-0.05, 0) is 94.2 Å². The molecule has 0 aliphatic carbocycles. The number of ether oxygens (including phenoxy) is 9. The van der Waals surface area contributed by atoms with Crippen molar-refractivity contribution in [3.8, 4) is 116 Å². The minimum Gasteiger partial charge on any atom is -0.490 e. The van der Waals surface area contributed by atoms with E-state index in [4.69, 9.17) is 72.5 Å². The Labute approximate surface area is 855 Å². The first-order valence-electron chi connectivity index (χ1n) is 58.1. The summed E-state index contributed by atoms with van der Waals surface area (Å²) in [6.45, 7) is 26.0. The molecule has 4 aromatic heterocycles. The molecule has 0 saturated heterocycles. The van der Waals surface area contributed by atoms with E-state index in [1.807, 2.05) is 18.6 Å². The first-order chi connectivity index (χ1) is 68.3. The van der Waals surface area contributed by atoms with Gasteiger partial charge in [0.05, 0.1) is 74.1 Å². The van der Waals surface area contributed by atoms with Crippen LogP contribution in [0.15, 0.2) is 55.0 Å². The van der Waals surface area contributed by atoms with Crippen LogP contribution in [0.3, 0.4) is 0 Å². The van der Waals surface area contributed by atoms with Crippen molar-refractivity contribution in [3.63, 3.8) is 0 Å². The standard InChI is InChI=1S/C120H198N6O9S3/c1-10-19-28-37-46-55-64-73-82-127-103-91-100(92-104(128-83-74-65-56-47-38-29-20-11-2)112(103)133-88-79-70-61-52-43-34-25-16-7)118-121-97-109(136-118)115-124-116(110-98-122-119(137-110)101-93-105(129-84-75-66-57-48-39-30-21-12-3)113(134-89-80-71-62-53-44-35-26-17-8)106(94-101)130-85-76-67-58-49-40-31-22-13-4)126-117(125-115)111-99-123-120(138-111)102-95-107(131-86-77-68-59-50-41-32-23-14-5)114(135-90-81-72-63-54-45-36-27-18-9)108(96-102)132-87-78-69-60-51-42-33-24-15-6/h91-99H,10-90H2,1-9H3. The van der Waals surface area contributed by atoms with Crippen LogP contribution in [0.5, 0.6) is 51.7 Å². The van der Waals surface area contributed by atoms with Crippen LogP contribution in [-0.4, -0.2) is 89.4 Å². The quantitative estimate of drug-likeness (QED) is 0.0331. The van der Waals surface area contributed by atoms with Gasteiger partial charge in [-0.2, -0.15) is 0 Å². The molecule has 18 heteroatoms. The normalized spacial score (nSPS) is 11.5. The molecule has 138 heavy (non-hydrogen) atoms. The van der Waals surface area contributed by atoms with Crippen molar-refractivity contribution in [2.75, 3.05) is 59.5 Å². The molecule has 0 aliphatic rings. The van der Waals surface area contributed by atoms with Gasteiger partial charge < -0.3 is 42.6 Å². The average molecular weight is 1970 g/mol. The van der Waals surface area contributed by atoms with Crippen molar-refractivity contribution in [2.24, 2.45) is 0 Å². The maximum Gasteiger partial charge on any atom is 0.203 e. The van der Waals surface area contributed by atoms with Gasteiger partial charge in [0.2, 0.25) is 17.2 Å². The van der Waals surface area contributed by atoms with Crippen molar-refractivity contribution >= 4 is 34.0 Å². The third-order valence-electron chi connectivity index (χ3n) is 26.9. The molecule has 0 bridgehead atoms. The maximum atomic E-state index is 6.97. The van der Waals surface area contributed by atoms with E-state index < -0.39 is 0 Å². The molecule has 0 unspecified atom stereocenters. The van der Waals surface area contributed by atoms with Crippen molar-refractivity contribution in [1.29, 1.82) is 0 Å². The Kier molecular flexibility index (Phi) is 69.8. The van der Waals surface area contributed by atoms with E-state index in [2.05, 4.69) is 98.7 Å². The summed E-state index contributed by atoms with van der Waals surface area (Å²) < 4.78 is 62.7. The molecule has 0 atom stereocenters. The number of hydrogen-bond donors (Lipinski definition) is 0. The molecule has 0 spiro atoms. The Balaban J connectivity index is 1.36. The third kappa shape index (κ3) is 51.8. The number of nitrogens with zero attached hydrogens (tertiary/aromatic N) is 6. The molecule has 7 aromatic rings. The molecule has 7 rings (SSSR count). The van der Waals surface area contributed by atoms with Crippen LogP contribution in [0.2, 0.25) is 0 Å². The maximum absolute atomic E-state index is 6.97. The fourth-order valence-corrected chi connectivity index (χ4v) is 20.7. The van der Waals surface area contributed by atoms with Gasteiger partial charge in [0.1, 0.15) is 15.0 Å². The van der Waals surface area contributed by atoms with E-state index >= 15 is 0 Å². The van der Waals surface area contributed by atoms with Crippen molar-refractivity contribution in [1.82, 2.24) is 29.9 Å². The van der Waals surface area contributed by atoms with Crippen LogP contribution in [0.1, 0.15) is 525 Å². The summed E-state index contributed by atoms with van der Waals surface area (Å²) in [7, 11) is 0. The highest BCUT2D eigenvalue weighted by Crippen LogP contribution is 2.49. The van der Waals surface area contributed by atoms with Crippen LogP contribution >= 0.6 is 34.0 Å². The van der Waals surface area contributed by atoms with Crippen molar-refractivity contribution in [3.05, 3.63) is 55.0 Å². The zero-order valence-corrected chi connectivity index (χ0v) is 92.0. The molecule has 0 fully saturated rings. The molecule has 4 heterocycles. The minimum atomic E-state index is 0.504. The summed E-state index contributed by atoms with van der Waals surface area (Å²) in [6, 6.07) is 12.9. The van der Waals surface area contributed by atoms with Crippen molar-refractivity contribution < 1.29 is 42.6 Å². The summed E-state index contributed by atoms with van der Waals surface area (Å²) in [5, 5.41) is 2.40. The van der Waals surface area contributed by atoms with Crippen molar-refractivity contribution in [2.45, 2.75) is 525 Å². The summed E-state index contributed by atoms with van der Waals surface area (Å²) in [5.74, 6) is 7.86. The monoisotopic (exact) mass is 1960 g/mol. The van der Waals surface area contributed by atoms with Crippen LogP contribution < -0.4 is 42.6 Å². The zero-order valence-electron chi connectivity index (χ0n) is 89.6. The first kappa shape index (κ1) is 119. The lowest BCUT2D eigenvalue weighted by Gasteiger charge is -2.19. The second-order valence-corrected chi connectivity index (χ2v) is 42.8. The lowest BCUT2D eigenvalue weighted by molar-refractivity contribution is 0.234. The highest BCUT2D eigenvalue weighted by molar-refractivity contribution is 7.19. The summed E-state index contributed by atoms with van der Waals surface area (Å²) in [6.07, 6.45) is 93.6. The number of benzene rings is 3. The van der Waals surface area contributed by atoms with E-state index in [9.17, 15) is 0 Å². The molecule has 0 radical (unpaired) electrons. The zero-order chi connectivity index (χ0) is 97.5. The Morgan fingerprint density at radius 1 is 0.167 bits per heavy atom. The highest BCUT2D eigenvalue weighted by atomic mass is 32.1. The number of hydrogen-bond acceptors (Lipinski definition) is 18. The SMILES string of the molecule is CCCCCCCCCCOc1cc(-c2ncc(-c3nc(-c4cnc(-c5cc(OCCCCCCCCCC)c(OCCCCCCCCCC)c(OCCCCCCCCCC)c5)s4)nc(-c4cnc(-c5cc(OCCCCCCCCCC)c(OCCCCCCCCCC)c(OCCCCCCCCCC)c5)s4)n3)s2)cc(OCCCCCCCCCC)c1OCCCCCCCCCC. The highest BCUT2D eigenvalue weighted by Gasteiger charge is 2.26. The van der Waals surface area contributed by atoms with Gasteiger partial charge in [-0.1, -0.05) is 467 Å². The predicted octanol–water partition coefficient (Wildman–Crippen LogP) is 39.9. The number of aromatic nitrogens is 6. The fraction of sp³-hybridized carbons (Fsp3) is 0.750. The summed E-state index contributed by atoms with van der Waals surface area (Å²) in [4.78, 5) is 34.8. The van der Waals surface area contributed by atoms with Gasteiger partial charge in [-0.15, -0.1) is 34.0 Å². The van der Waals surface area contributed by atoms with Crippen LogP contribution in [-0.2, 0) is 0 Å². The Hall–Kier alpha value is -6.24. The largest absolute Gasteiger partial charge is 0.490 e. The summed E-state index contributed by atoms with van der Waals surface area (Å²) in [5.41, 5.74) is 2.69. The Bertz CT molecular complexity index is 3520. The molecular weight excluding hydrogens is 1770 g/mol. The summed E-state index contributed by atoms with van der Waals surface area (Å²) >= 11 is 4.70. The molecular formula is C120H198N6O9S3. The molecule has 15 nitrogen and oxygen atoms in total. The second kappa shape index (κ2) is 81.1. The lowest BCUT2D eigenvalue weighted by Crippen LogP contribution is -2.06. The van der Waals surface area contributed by atoms with Gasteiger partial charge in [-0.25, -0.2) is 29.9 Å². The van der Waals surface area contributed by atoms with Crippen LogP contribution in [0.25, 0.3) is 63.8 Å². The molecule has 0 amide bonds. The lowest BCUT2D eigenvalue weighted by atomic mass is 10.1. The number of thiazole rings is 3. The fourth-order valence-electron chi connectivity index (χ4n) is 18.1. The molecule has 780 valence electrons. The Morgan fingerprint density at radius 2 is 0.297 bits per heavy atom. The number of unbranched alkanes of at least 4 members (excludes halogenated alkanes) is 63. The average Bonchev–Trinajstić information content (AvgIpc) is 1.15. The second-order valence-electron chi connectivity index (χ2n) is 39.7.